The van der Waals surface area contributed by atoms with Crippen molar-refractivity contribution in [2.75, 3.05) is 5.32 Å². The van der Waals surface area contributed by atoms with Crippen molar-refractivity contribution in [1.82, 2.24) is 9.88 Å². The number of benzene rings is 1. The molecule has 6 nitrogen and oxygen atoms in total. The molecule has 166 valence electrons. The minimum absolute atomic E-state index is 0.261. The maximum absolute atomic E-state index is 13.1. The fourth-order valence-corrected chi connectivity index (χ4v) is 4.51. The van der Waals surface area contributed by atoms with Gasteiger partial charge < -0.3 is 15.2 Å². The van der Waals surface area contributed by atoms with E-state index in [1.54, 1.807) is 25.5 Å². The topological polar surface area (TPSA) is 80.2 Å². The minimum Gasteiger partial charge on any atom is -0.344 e. The zero-order chi connectivity index (χ0) is 22.9. The molecular weight excluding hydrogens is 390 g/mol. The lowest BCUT2D eigenvalue weighted by molar-refractivity contribution is -0.119. The summed E-state index contributed by atoms with van der Waals surface area (Å²) >= 11 is 0. The quantitative estimate of drug-likeness (QED) is 0.550. The first-order valence-electron chi connectivity index (χ1n) is 10.9. The van der Waals surface area contributed by atoms with Crippen LogP contribution in [-0.2, 0) is 11.8 Å². The maximum atomic E-state index is 13.1. The number of rotatable bonds is 5. The summed E-state index contributed by atoms with van der Waals surface area (Å²) in [5.74, 6) is -0.847. The standard InChI is InChI=1S/C25H33N3O3/c1-15-10-12-25(5,13-11-15)27-24(31)22(29)21-17(3)20(18(4)28(21)6)23(30)26-19-9-7-8-16(2)14-19/h7-9,14-15H,10-13H2,1-6H3,(H,26,30)(H,27,31). The van der Waals surface area contributed by atoms with E-state index in [1.165, 1.54) is 0 Å². The van der Waals surface area contributed by atoms with Gasteiger partial charge in [-0.3, -0.25) is 14.4 Å². The predicted octanol–water partition coefficient (Wildman–Crippen LogP) is 4.47. The van der Waals surface area contributed by atoms with Gasteiger partial charge in [-0.2, -0.15) is 0 Å². The zero-order valence-electron chi connectivity index (χ0n) is 19.4. The summed E-state index contributed by atoms with van der Waals surface area (Å²) in [7, 11) is 1.72. The molecule has 0 spiro atoms. The number of Topliss-reactive ketones (excluding diaryl/α,β-unsaturated/α-hetero) is 1. The third-order valence-electron chi connectivity index (χ3n) is 6.65. The fourth-order valence-electron chi connectivity index (χ4n) is 4.51. The molecule has 3 rings (SSSR count). The first kappa shape index (κ1) is 22.8. The summed E-state index contributed by atoms with van der Waals surface area (Å²) in [6.45, 7) is 9.69. The molecule has 1 saturated carbocycles. The first-order chi connectivity index (χ1) is 14.5. The number of nitrogens with one attached hydrogen (secondary N) is 2. The van der Waals surface area contributed by atoms with E-state index in [1.807, 2.05) is 38.1 Å². The van der Waals surface area contributed by atoms with Crippen LogP contribution in [0.5, 0.6) is 0 Å². The first-order valence-corrected chi connectivity index (χ1v) is 10.9. The van der Waals surface area contributed by atoms with Crippen LogP contribution in [0.4, 0.5) is 5.69 Å². The molecule has 0 atom stereocenters. The van der Waals surface area contributed by atoms with Crippen molar-refractivity contribution in [3.05, 3.63) is 52.3 Å². The normalized spacial score (nSPS) is 20.9. The SMILES string of the molecule is Cc1cccc(NC(=O)c2c(C)c(C(=O)C(=O)NC3(C)CCC(C)CC3)n(C)c2C)c1. The monoisotopic (exact) mass is 423 g/mol. The van der Waals surface area contributed by atoms with Crippen LogP contribution >= 0.6 is 0 Å². The van der Waals surface area contributed by atoms with Crippen LogP contribution in [0.1, 0.15) is 77.2 Å². The fraction of sp³-hybridized carbons (Fsp3) is 0.480. The van der Waals surface area contributed by atoms with Gasteiger partial charge in [0.1, 0.15) is 0 Å². The lowest BCUT2D eigenvalue weighted by Crippen LogP contribution is -2.50. The Morgan fingerprint density at radius 3 is 2.35 bits per heavy atom. The number of amides is 2. The van der Waals surface area contributed by atoms with Gasteiger partial charge in [0.15, 0.2) is 0 Å². The number of ketones is 1. The van der Waals surface area contributed by atoms with Crippen LogP contribution in [0.3, 0.4) is 0 Å². The van der Waals surface area contributed by atoms with E-state index in [4.69, 9.17) is 0 Å². The summed E-state index contributed by atoms with van der Waals surface area (Å²) in [6, 6.07) is 7.54. The van der Waals surface area contributed by atoms with Gasteiger partial charge in [-0.25, -0.2) is 0 Å². The second-order valence-corrected chi connectivity index (χ2v) is 9.34. The van der Waals surface area contributed by atoms with Gasteiger partial charge in [-0.15, -0.1) is 0 Å². The Hall–Kier alpha value is -2.89. The van der Waals surface area contributed by atoms with Crippen molar-refractivity contribution in [2.24, 2.45) is 13.0 Å². The van der Waals surface area contributed by atoms with Gasteiger partial charge in [-0.1, -0.05) is 19.1 Å². The number of carbonyl (C=O) groups is 3. The Kier molecular flexibility index (Phi) is 6.39. The molecule has 1 fully saturated rings. The summed E-state index contributed by atoms with van der Waals surface area (Å²) in [6.07, 6.45) is 3.80. The van der Waals surface area contributed by atoms with E-state index in [0.717, 1.165) is 31.2 Å². The highest BCUT2D eigenvalue weighted by Gasteiger charge is 2.35. The molecule has 2 aromatic rings. The third-order valence-corrected chi connectivity index (χ3v) is 6.65. The van der Waals surface area contributed by atoms with Crippen molar-refractivity contribution in [3.8, 4) is 0 Å². The molecule has 1 aliphatic rings. The molecule has 0 aliphatic heterocycles. The highest BCUT2D eigenvalue weighted by Crippen LogP contribution is 2.31. The van der Waals surface area contributed by atoms with Gasteiger partial charge in [0, 0.05) is 24.0 Å². The molecular formula is C25H33N3O3. The Labute approximate surface area is 184 Å². The molecule has 1 heterocycles. The van der Waals surface area contributed by atoms with E-state index >= 15 is 0 Å². The van der Waals surface area contributed by atoms with E-state index in [9.17, 15) is 14.4 Å². The molecule has 1 aliphatic carbocycles. The highest BCUT2D eigenvalue weighted by atomic mass is 16.2. The average Bonchev–Trinajstić information content (AvgIpc) is 2.92. The van der Waals surface area contributed by atoms with Crippen molar-refractivity contribution in [2.45, 2.75) is 65.8 Å². The molecule has 0 bridgehead atoms. The molecule has 2 amide bonds. The second kappa shape index (κ2) is 8.69. The lowest BCUT2D eigenvalue weighted by atomic mass is 9.78. The highest BCUT2D eigenvalue weighted by molar-refractivity contribution is 6.43. The minimum atomic E-state index is -0.605. The summed E-state index contributed by atoms with van der Waals surface area (Å²) in [5, 5.41) is 5.87. The van der Waals surface area contributed by atoms with E-state index in [-0.39, 0.29) is 17.1 Å². The number of aromatic nitrogens is 1. The molecule has 1 aromatic carbocycles. The van der Waals surface area contributed by atoms with Crippen LogP contribution < -0.4 is 10.6 Å². The van der Waals surface area contributed by atoms with Gasteiger partial charge in [0.2, 0.25) is 0 Å². The Morgan fingerprint density at radius 1 is 1.10 bits per heavy atom. The number of carbonyl (C=O) groups excluding carboxylic acids is 3. The van der Waals surface area contributed by atoms with Crippen LogP contribution in [0.25, 0.3) is 0 Å². The Morgan fingerprint density at radius 2 is 1.74 bits per heavy atom. The molecule has 31 heavy (non-hydrogen) atoms. The summed E-state index contributed by atoms with van der Waals surface area (Å²) in [5.41, 5.74) is 3.23. The number of hydrogen-bond donors (Lipinski definition) is 2. The second-order valence-electron chi connectivity index (χ2n) is 9.34. The van der Waals surface area contributed by atoms with Gasteiger partial charge >= 0.3 is 0 Å². The third kappa shape index (κ3) is 4.73. The molecule has 0 saturated heterocycles. The molecule has 0 unspecified atom stereocenters. The van der Waals surface area contributed by atoms with Crippen molar-refractivity contribution in [1.29, 1.82) is 0 Å². The van der Waals surface area contributed by atoms with E-state index in [0.29, 0.717) is 28.4 Å². The number of anilines is 1. The molecule has 1 aromatic heterocycles. The molecule has 6 heteroatoms. The van der Waals surface area contributed by atoms with Crippen LogP contribution in [0.15, 0.2) is 24.3 Å². The van der Waals surface area contributed by atoms with E-state index < -0.39 is 11.7 Å². The number of nitrogens with zero attached hydrogens (tertiary/aromatic N) is 1. The van der Waals surface area contributed by atoms with Gasteiger partial charge in [-0.05, 0) is 82.6 Å². The molecule has 2 N–H and O–H groups in total. The smallest absolute Gasteiger partial charge is 0.294 e. The van der Waals surface area contributed by atoms with Crippen molar-refractivity contribution < 1.29 is 14.4 Å². The molecule has 0 radical (unpaired) electrons. The van der Waals surface area contributed by atoms with E-state index in [2.05, 4.69) is 17.6 Å². The van der Waals surface area contributed by atoms with Crippen molar-refractivity contribution >= 4 is 23.3 Å². The summed E-state index contributed by atoms with van der Waals surface area (Å²) in [4.78, 5) is 38.9. The predicted molar refractivity (Wildman–Crippen MR) is 123 cm³/mol. The lowest BCUT2D eigenvalue weighted by Gasteiger charge is -2.36. The average molecular weight is 424 g/mol. The Bertz CT molecular complexity index is 1030. The maximum Gasteiger partial charge on any atom is 0.294 e. The van der Waals surface area contributed by atoms with Crippen molar-refractivity contribution in [3.63, 3.8) is 0 Å². The van der Waals surface area contributed by atoms with Gasteiger partial charge in [0.05, 0.1) is 11.3 Å². The summed E-state index contributed by atoms with van der Waals surface area (Å²) < 4.78 is 1.65. The van der Waals surface area contributed by atoms with Crippen LogP contribution in [0.2, 0.25) is 0 Å². The van der Waals surface area contributed by atoms with Gasteiger partial charge in [0.25, 0.3) is 17.6 Å². The van der Waals surface area contributed by atoms with Crippen LogP contribution in [0, 0.1) is 26.7 Å². The Balaban J connectivity index is 1.83. The largest absolute Gasteiger partial charge is 0.344 e. The number of hydrogen-bond acceptors (Lipinski definition) is 3. The number of aryl methyl sites for hydroxylation is 1. The zero-order valence-corrected chi connectivity index (χ0v) is 19.4. The van der Waals surface area contributed by atoms with Crippen LogP contribution in [-0.4, -0.2) is 27.7 Å².